The van der Waals surface area contributed by atoms with Crippen LogP contribution in [-0.4, -0.2) is 28.7 Å². The van der Waals surface area contributed by atoms with Crippen LogP contribution in [0.4, 0.5) is 5.69 Å². The van der Waals surface area contributed by atoms with Crippen LogP contribution >= 0.6 is 0 Å². The molecule has 5 heteroatoms. The van der Waals surface area contributed by atoms with Crippen molar-refractivity contribution in [3.8, 4) is 0 Å². The van der Waals surface area contributed by atoms with Crippen molar-refractivity contribution in [3.05, 3.63) is 30.5 Å². The molecular formula is C14H18N4O. The second kappa shape index (κ2) is 6.13. The molecule has 2 aromatic rings. The van der Waals surface area contributed by atoms with Crippen molar-refractivity contribution >= 4 is 22.5 Å². The Labute approximate surface area is 112 Å². The third-order valence-corrected chi connectivity index (χ3v) is 2.86. The number of carbonyl (C=O) groups is 1. The van der Waals surface area contributed by atoms with E-state index in [0.717, 1.165) is 23.0 Å². The standard InChI is InChI=1S/C14H18N4O/c1-3-8-15-14(19)10(2)17-13-9-16-18-12-7-5-4-6-11(12)13/h4-7,9-10H,3,8H2,1-2H3,(H,15,19)(H,17,18). The Morgan fingerprint density at radius 3 is 2.95 bits per heavy atom. The minimum atomic E-state index is -0.306. The Balaban J connectivity index is 2.15. The molecule has 1 aromatic heterocycles. The molecule has 0 saturated heterocycles. The number of carbonyl (C=O) groups excluding carboxylic acids is 1. The molecule has 0 fully saturated rings. The van der Waals surface area contributed by atoms with Gasteiger partial charge in [-0.3, -0.25) is 4.79 Å². The first kappa shape index (κ1) is 13.3. The van der Waals surface area contributed by atoms with Gasteiger partial charge in [-0.05, 0) is 19.4 Å². The lowest BCUT2D eigenvalue weighted by Crippen LogP contribution is -2.37. The van der Waals surface area contributed by atoms with E-state index in [0.29, 0.717) is 6.54 Å². The van der Waals surface area contributed by atoms with Crippen molar-refractivity contribution in [2.75, 3.05) is 11.9 Å². The lowest BCUT2D eigenvalue weighted by Gasteiger charge is -2.15. The first-order valence-corrected chi connectivity index (χ1v) is 6.47. The van der Waals surface area contributed by atoms with Gasteiger partial charge in [0.05, 0.1) is 17.4 Å². The fourth-order valence-corrected chi connectivity index (χ4v) is 1.82. The molecule has 0 saturated carbocycles. The van der Waals surface area contributed by atoms with Gasteiger partial charge >= 0.3 is 0 Å². The first-order valence-electron chi connectivity index (χ1n) is 6.47. The summed E-state index contributed by atoms with van der Waals surface area (Å²) in [7, 11) is 0. The van der Waals surface area contributed by atoms with Crippen LogP contribution < -0.4 is 10.6 Å². The van der Waals surface area contributed by atoms with Gasteiger partial charge in [0, 0.05) is 11.9 Å². The van der Waals surface area contributed by atoms with E-state index in [2.05, 4.69) is 20.8 Å². The van der Waals surface area contributed by atoms with Crippen LogP contribution in [0.15, 0.2) is 30.5 Å². The van der Waals surface area contributed by atoms with Crippen LogP contribution in [0.25, 0.3) is 10.9 Å². The molecular weight excluding hydrogens is 240 g/mol. The van der Waals surface area contributed by atoms with Gasteiger partial charge in [0.2, 0.25) is 5.91 Å². The quantitative estimate of drug-likeness (QED) is 0.860. The molecule has 1 amide bonds. The smallest absolute Gasteiger partial charge is 0.242 e. The largest absolute Gasteiger partial charge is 0.372 e. The molecule has 2 rings (SSSR count). The van der Waals surface area contributed by atoms with Crippen molar-refractivity contribution in [2.45, 2.75) is 26.3 Å². The molecule has 19 heavy (non-hydrogen) atoms. The highest BCUT2D eigenvalue weighted by molar-refractivity contribution is 5.93. The van der Waals surface area contributed by atoms with Crippen LogP contribution in [0, 0.1) is 0 Å². The predicted molar refractivity (Wildman–Crippen MR) is 75.9 cm³/mol. The van der Waals surface area contributed by atoms with Crippen LogP contribution in [-0.2, 0) is 4.79 Å². The number of nitrogens with zero attached hydrogens (tertiary/aromatic N) is 2. The maximum atomic E-state index is 11.8. The highest BCUT2D eigenvalue weighted by Crippen LogP contribution is 2.20. The zero-order chi connectivity index (χ0) is 13.7. The Kier molecular flexibility index (Phi) is 4.28. The van der Waals surface area contributed by atoms with Gasteiger partial charge in [0.1, 0.15) is 6.04 Å². The molecule has 0 radical (unpaired) electrons. The number of aromatic nitrogens is 2. The number of amides is 1. The average molecular weight is 258 g/mol. The zero-order valence-corrected chi connectivity index (χ0v) is 11.2. The van der Waals surface area contributed by atoms with E-state index in [1.54, 1.807) is 6.20 Å². The highest BCUT2D eigenvalue weighted by Gasteiger charge is 2.13. The maximum Gasteiger partial charge on any atom is 0.242 e. The number of nitrogens with one attached hydrogen (secondary N) is 2. The fourth-order valence-electron chi connectivity index (χ4n) is 1.82. The van der Waals surface area contributed by atoms with Gasteiger partial charge in [-0.15, -0.1) is 0 Å². The highest BCUT2D eigenvalue weighted by atomic mass is 16.2. The van der Waals surface area contributed by atoms with E-state index < -0.39 is 0 Å². The summed E-state index contributed by atoms with van der Waals surface area (Å²) in [5.41, 5.74) is 1.64. The molecule has 0 spiro atoms. The van der Waals surface area contributed by atoms with Crippen LogP contribution in [0.1, 0.15) is 20.3 Å². The third-order valence-electron chi connectivity index (χ3n) is 2.86. The maximum absolute atomic E-state index is 11.8. The lowest BCUT2D eigenvalue weighted by atomic mass is 10.2. The molecule has 1 heterocycles. The Hall–Kier alpha value is -2.17. The van der Waals surface area contributed by atoms with Crippen LogP contribution in [0.2, 0.25) is 0 Å². The predicted octanol–water partition coefficient (Wildman–Crippen LogP) is 1.96. The van der Waals surface area contributed by atoms with E-state index in [4.69, 9.17) is 0 Å². The van der Waals surface area contributed by atoms with Gasteiger partial charge in [-0.25, -0.2) is 0 Å². The van der Waals surface area contributed by atoms with E-state index in [-0.39, 0.29) is 11.9 Å². The van der Waals surface area contributed by atoms with E-state index in [9.17, 15) is 4.79 Å². The number of hydrogen-bond acceptors (Lipinski definition) is 4. The Morgan fingerprint density at radius 1 is 1.37 bits per heavy atom. The third kappa shape index (κ3) is 3.19. The number of anilines is 1. The normalized spacial score (nSPS) is 12.1. The number of rotatable bonds is 5. The number of hydrogen-bond donors (Lipinski definition) is 2. The van der Waals surface area contributed by atoms with Crippen molar-refractivity contribution < 1.29 is 4.79 Å². The summed E-state index contributed by atoms with van der Waals surface area (Å²) in [6, 6.07) is 7.41. The molecule has 1 aromatic carbocycles. The Morgan fingerprint density at radius 2 is 2.16 bits per heavy atom. The van der Waals surface area contributed by atoms with Gasteiger partial charge < -0.3 is 10.6 Å². The van der Waals surface area contributed by atoms with Gasteiger partial charge in [-0.1, -0.05) is 25.1 Å². The summed E-state index contributed by atoms with van der Waals surface area (Å²) < 4.78 is 0. The average Bonchev–Trinajstić information content (AvgIpc) is 2.45. The van der Waals surface area contributed by atoms with E-state index in [1.807, 2.05) is 38.1 Å². The molecule has 0 bridgehead atoms. The molecule has 0 aliphatic rings. The SMILES string of the molecule is CCCNC(=O)C(C)Nc1cnnc2ccccc12. The molecule has 100 valence electrons. The number of fused-ring (bicyclic) bond motifs is 1. The number of benzene rings is 1. The molecule has 5 nitrogen and oxygen atoms in total. The van der Waals surface area contributed by atoms with Crippen molar-refractivity contribution in [1.82, 2.24) is 15.5 Å². The van der Waals surface area contributed by atoms with Crippen LogP contribution in [0.5, 0.6) is 0 Å². The van der Waals surface area contributed by atoms with Gasteiger partial charge in [0.15, 0.2) is 0 Å². The van der Waals surface area contributed by atoms with E-state index in [1.165, 1.54) is 0 Å². The summed E-state index contributed by atoms with van der Waals surface area (Å²) in [4.78, 5) is 11.8. The molecule has 1 unspecified atom stereocenters. The minimum Gasteiger partial charge on any atom is -0.372 e. The van der Waals surface area contributed by atoms with Crippen LogP contribution in [0.3, 0.4) is 0 Å². The lowest BCUT2D eigenvalue weighted by molar-refractivity contribution is -0.121. The monoisotopic (exact) mass is 258 g/mol. The molecule has 2 N–H and O–H groups in total. The van der Waals surface area contributed by atoms with Crippen molar-refractivity contribution in [2.24, 2.45) is 0 Å². The van der Waals surface area contributed by atoms with Gasteiger partial charge in [-0.2, -0.15) is 10.2 Å². The summed E-state index contributed by atoms with van der Waals surface area (Å²) in [6.45, 7) is 4.55. The minimum absolute atomic E-state index is 0.0113. The van der Waals surface area contributed by atoms with E-state index >= 15 is 0 Å². The zero-order valence-electron chi connectivity index (χ0n) is 11.2. The molecule has 0 aliphatic carbocycles. The summed E-state index contributed by atoms with van der Waals surface area (Å²) in [6.07, 6.45) is 2.57. The first-order chi connectivity index (χ1) is 9.22. The molecule has 0 aliphatic heterocycles. The summed E-state index contributed by atoms with van der Waals surface area (Å²) in [5, 5.41) is 15.0. The Bertz CT molecular complexity index is 565. The topological polar surface area (TPSA) is 66.9 Å². The molecule has 1 atom stereocenters. The van der Waals surface area contributed by atoms with Gasteiger partial charge in [0.25, 0.3) is 0 Å². The summed E-state index contributed by atoms with van der Waals surface area (Å²) >= 11 is 0. The summed E-state index contributed by atoms with van der Waals surface area (Å²) in [5.74, 6) is -0.0113. The second-order valence-corrected chi connectivity index (χ2v) is 4.43. The van der Waals surface area contributed by atoms with Crippen molar-refractivity contribution in [1.29, 1.82) is 0 Å². The second-order valence-electron chi connectivity index (χ2n) is 4.43. The van der Waals surface area contributed by atoms with Crippen molar-refractivity contribution in [3.63, 3.8) is 0 Å². The fraction of sp³-hybridized carbons (Fsp3) is 0.357.